The lowest BCUT2D eigenvalue weighted by Gasteiger charge is -2.12. The van der Waals surface area contributed by atoms with Gasteiger partial charge in [-0.15, -0.1) is 11.3 Å². The standard InChI is InChI=1S/C17H18N2O2S2/c1-14-6-2-3-7-15(14)13-19-10-4-8-16(19)12-18-23(20,21)17-9-5-11-22-17/h2-11,18H,12-13H2,1H3. The number of aryl methyl sites for hydroxylation is 1. The highest BCUT2D eigenvalue weighted by atomic mass is 32.2. The highest BCUT2D eigenvalue weighted by molar-refractivity contribution is 7.91. The van der Waals surface area contributed by atoms with Crippen molar-refractivity contribution in [1.29, 1.82) is 0 Å². The summed E-state index contributed by atoms with van der Waals surface area (Å²) in [7, 11) is -3.44. The number of thiophene rings is 1. The van der Waals surface area contributed by atoms with Crippen molar-refractivity contribution in [3.8, 4) is 0 Å². The van der Waals surface area contributed by atoms with Gasteiger partial charge in [0, 0.05) is 18.4 Å². The van der Waals surface area contributed by atoms with E-state index >= 15 is 0 Å². The molecule has 6 heteroatoms. The van der Waals surface area contributed by atoms with Gasteiger partial charge in [-0.05, 0) is 41.6 Å². The molecule has 0 fully saturated rings. The Bertz CT molecular complexity index is 881. The molecule has 2 aromatic heterocycles. The van der Waals surface area contributed by atoms with E-state index in [1.807, 2.05) is 30.5 Å². The third-order valence-electron chi connectivity index (χ3n) is 3.73. The van der Waals surface area contributed by atoms with Crippen LogP contribution in [-0.2, 0) is 23.1 Å². The Kier molecular flexibility index (Phi) is 4.66. The van der Waals surface area contributed by atoms with Crippen LogP contribution in [-0.4, -0.2) is 13.0 Å². The molecule has 0 amide bonds. The van der Waals surface area contributed by atoms with E-state index in [2.05, 4.69) is 28.3 Å². The number of sulfonamides is 1. The van der Waals surface area contributed by atoms with Crippen molar-refractivity contribution in [2.24, 2.45) is 0 Å². The van der Waals surface area contributed by atoms with Gasteiger partial charge < -0.3 is 4.57 Å². The van der Waals surface area contributed by atoms with Gasteiger partial charge in [-0.2, -0.15) is 0 Å². The van der Waals surface area contributed by atoms with Gasteiger partial charge in [-0.25, -0.2) is 13.1 Å². The van der Waals surface area contributed by atoms with Crippen LogP contribution in [0.4, 0.5) is 0 Å². The molecule has 23 heavy (non-hydrogen) atoms. The molecule has 0 aliphatic rings. The predicted octanol–water partition coefficient (Wildman–Crippen LogP) is 3.38. The Morgan fingerprint density at radius 1 is 1.09 bits per heavy atom. The maximum absolute atomic E-state index is 12.2. The van der Waals surface area contributed by atoms with E-state index in [0.717, 1.165) is 12.2 Å². The number of nitrogens with one attached hydrogen (secondary N) is 1. The molecule has 0 saturated heterocycles. The molecule has 1 N–H and O–H groups in total. The van der Waals surface area contributed by atoms with Gasteiger partial charge >= 0.3 is 0 Å². The minimum atomic E-state index is -3.44. The lowest BCUT2D eigenvalue weighted by Crippen LogP contribution is -2.24. The van der Waals surface area contributed by atoms with Gasteiger partial charge in [0.1, 0.15) is 4.21 Å². The van der Waals surface area contributed by atoms with Gasteiger partial charge in [0.15, 0.2) is 0 Å². The first-order chi connectivity index (χ1) is 11.1. The zero-order valence-corrected chi connectivity index (χ0v) is 14.4. The second-order valence-corrected chi connectivity index (χ2v) is 8.25. The molecule has 1 aromatic carbocycles. The van der Waals surface area contributed by atoms with Crippen LogP contribution in [0, 0.1) is 6.92 Å². The number of hydrogen-bond donors (Lipinski definition) is 1. The largest absolute Gasteiger partial charge is 0.346 e. The molecule has 120 valence electrons. The predicted molar refractivity (Wildman–Crippen MR) is 93.1 cm³/mol. The Balaban J connectivity index is 1.73. The minimum Gasteiger partial charge on any atom is -0.346 e. The van der Waals surface area contributed by atoms with Crippen molar-refractivity contribution in [3.63, 3.8) is 0 Å². The third kappa shape index (κ3) is 3.72. The zero-order chi connectivity index (χ0) is 16.3. The molecular formula is C17H18N2O2S2. The summed E-state index contributed by atoms with van der Waals surface area (Å²) >= 11 is 1.22. The van der Waals surface area contributed by atoms with Crippen LogP contribution in [0.2, 0.25) is 0 Å². The van der Waals surface area contributed by atoms with E-state index in [1.54, 1.807) is 17.5 Å². The van der Waals surface area contributed by atoms with Crippen LogP contribution in [0.1, 0.15) is 16.8 Å². The molecule has 2 heterocycles. The SMILES string of the molecule is Cc1ccccc1Cn1cccc1CNS(=O)(=O)c1cccs1. The van der Waals surface area contributed by atoms with Crippen molar-refractivity contribution in [2.75, 3.05) is 0 Å². The van der Waals surface area contributed by atoms with Crippen LogP contribution >= 0.6 is 11.3 Å². The number of benzene rings is 1. The van der Waals surface area contributed by atoms with E-state index in [0.29, 0.717) is 4.21 Å². The van der Waals surface area contributed by atoms with Crippen LogP contribution in [0.5, 0.6) is 0 Å². The fourth-order valence-electron chi connectivity index (χ4n) is 2.39. The monoisotopic (exact) mass is 346 g/mol. The Morgan fingerprint density at radius 3 is 2.65 bits per heavy atom. The third-order valence-corrected chi connectivity index (χ3v) is 6.53. The van der Waals surface area contributed by atoms with Crippen molar-refractivity contribution < 1.29 is 8.42 Å². The molecule has 0 radical (unpaired) electrons. The Labute approximate surface area is 140 Å². The van der Waals surface area contributed by atoms with E-state index in [4.69, 9.17) is 0 Å². The van der Waals surface area contributed by atoms with E-state index in [-0.39, 0.29) is 6.54 Å². The summed E-state index contributed by atoms with van der Waals surface area (Å²) in [6.45, 7) is 3.09. The van der Waals surface area contributed by atoms with Crippen LogP contribution in [0.25, 0.3) is 0 Å². The summed E-state index contributed by atoms with van der Waals surface area (Å²) in [5.74, 6) is 0. The average molecular weight is 346 g/mol. The van der Waals surface area contributed by atoms with E-state index < -0.39 is 10.0 Å². The van der Waals surface area contributed by atoms with Crippen molar-refractivity contribution in [2.45, 2.75) is 24.2 Å². The topological polar surface area (TPSA) is 51.1 Å². The molecule has 0 aliphatic heterocycles. The Hall–Kier alpha value is -1.89. The fraction of sp³-hybridized carbons (Fsp3) is 0.176. The second-order valence-electron chi connectivity index (χ2n) is 5.31. The molecule has 0 atom stereocenters. The van der Waals surface area contributed by atoms with Crippen molar-refractivity contribution >= 4 is 21.4 Å². The lowest BCUT2D eigenvalue weighted by atomic mass is 10.1. The summed E-state index contributed by atoms with van der Waals surface area (Å²) in [6.07, 6.45) is 1.97. The maximum Gasteiger partial charge on any atom is 0.250 e. The van der Waals surface area contributed by atoms with Gasteiger partial charge in [0.2, 0.25) is 10.0 Å². The van der Waals surface area contributed by atoms with Crippen LogP contribution in [0.3, 0.4) is 0 Å². The number of nitrogens with zero attached hydrogens (tertiary/aromatic N) is 1. The number of hydrogen-bond acceptors (Lipinski definition) is 3. The van der Waals surface area contributed by atoms with E-state index in [9.17, 15) is 8.42 Å². The van der Waals surface area contributed by atoms with Gasteiger partial charge in [0.05, 0.1) is 6.54 Å². The van der Waals surface area contributed by atoms with E-state index in [1.165, 1.54) is 22.5 Å². The van der Waals surface area contributed by atoms with Crippen molar-refractivity contribution in [3.05, 3.63) is 76.9 Å². The number of rotatable bonds is 6. The summed E-state index contributed by atoms with van der Waals surface area (Å²) in [6, 6.07) is 15.4. The summed E-state index contributed by atoms with van der Waals surface area (Å²) < 4.78 is 29.5. The molecule has 0 bridgehead atoms. The summed E-state index contributed by atoms with van der Waals surface area (Å²) in [4.78, 5) is 0. The van der Waals surface area contributed by atoms with Gasteiger partial charge in [0.25, 0.3) is 0 Å². The maximum atomic E-state index is 12.2. The molecule has 3 aromatic rings. The molecule has 0 saturated carbocycles. The van der Waals surface area contributed by atoms with Gasteiger partial charge in [-0.3, -0.25) is 0 Å². The van der Waals surface area contributed by atoms with Crippen LogP contribution in [0.15, 0.2) is 64.3 Å². The van der Waals surface area contributed by atoms with Gasteiger partial charge in [-0.1, -0.05) is 30.3 Å². The quantitative estimate of drug-likeness (QED) is 0.744. The first-order valence-electron chi connectivity index (χ1n) is 7.28. The average Bonchev–Trinajstić information content (AvgIpc) is 3.19. The van der Waals surface area contributed by atoms with Crippen molar-refractivity contribution in [1.82, 2.24) is 9.29 Å². The normalized spacial score (nSPS) is 11.7. The molecule has 0 spiro atoms. The lowest BCUT2D eigenvalue weighted by molar-refractivity contribution is 0.580. The molecule has 4 nitrogen and oxygen atoms in total. The van der Waals surface area contributed by atoms with Crippen LogP contribution < -0.4 is 4.72 Å². The summed E-state index contributed by atoms with van der Waals surface area (Å²) in [5.41, 5.74) is 3.39. The molecule has 0 unspecified atom stereocenters. The molecule has 0 aliphatic carbocycles. The number of aromatic nitrogens is 1. The minimum absolute atomic E-state index is 0.277. The smallest absolute Gasteiger partial charge is 0.250 e. The molecule has 3 rings (SSSR count). The summed E-state index contributed by atoms with van der Waals surface area (Å²) in [5, 5.41) is 1.76. The highest BCUT2D eigenvalue weighted by Gasteiger charge is 2.15. The first kappa shape index (κ1) is 16.0. The highest BCUT2D eigenvalue weighted by Crippen LogP contribution is 2.16. The fourth-order valence-corrected chi connectivity index (χ4v) is 4.43. The second kappa shape index (κ2) is 6.70. The Morgan fingerprint density at radius 2 is 1.91 bits per heavy atom. The first-order valence-corrected chi connectivity index (χ1v) is 9.64. The molecular weight excluding hydrogens is 328 g/mol. The zero-order valence-electron chi connectivity index (χ0n) is 12.8.